The number of aliphatic carboxylic acids is 1. The molecule has 3 rings (SSSR count). The Labute approximate surface area is 163 Å². The second-order valence-electron chi connectivity index (χ2n) is 6.95. The number of piperidine rings is 1. The molecule has 2 aliphatic heterocycles. The van der Waals surface area contributed by atoms with Crippen LogP contribution in [0.5, 0.6) is 11.5 Å². The lowest BCUT2D eigenvalue weighted by Crippen LogP contribution is -2.50. The van der Waals surface area contributed by atoms with Gasteiger partial charge in [-0.15, -0.1) is 0 Å². The zero-order valence-electron chi connectivity index (χ0n) is 16.0. The predicted octanol–water partition coefficient (Wildman–Crippen LogP) is 1.32. The van der Waals surface area contributed by atoms with Crippen LogP contribution < -0.4 is 19.7 Å². The Morgan fingerprint density at radius 3 is 2.18 bits per heavy atom. The van der Waals surface area contributed by atoms with E-state index >= 15 is 0 Å². The van der Waals surface area contributed by atoms with Gasteiger partial charge < -0.3 is 29.7 Å². The number of benzene rings is 1. The highest BCUT2D eigenvalue weighted by molar-refractivity contribution is 6.01. The van der Waals surface area contributed by atoms with E-state index in [0.717, 1.165) is 0 Å². The average molecular weight is 391 g/mol. The van der Waals surface area contributed by atoms with Crippen molar-refractivity contribution in [2.24, 2.45) is 5.92 Å². The van der Waals surface area contributed by atoms with Crippen LogP contribution in [0, 0.1) is 5.92 Å². The third-order valence-corrected chi connectivity index (χ3v) is 5.28. The fourth-order valence-corrected chi connectivity index (χ4v) is 3.59. The molecule has 152 valence electrons. The summed E-state index contributed by atoms with van der Waals surface area (Å²) in [6.45, 7) is 1.22. The minimum atomic E-state index is -0.824. The van der Waals surface area contributed by atoms with Crippen LogP contribution in [0.4, 0.5) is 10.5 Å². The first-order chi connectivity index (χ1) is 13.4. The molecular formula is C19H25N3O6. The van der Waals surface area contributed by atoms with Gasteiger partial charge in [0.1, 0.15) is 17.5 Å². The van der Waals surface area contributed by atoms with Gasteiger partial charge in [-0.25, -0.2) is 4.79 Å². The maximum absolute atomic E-state index is 12.8. The molecule has 2 N–H and O–H groups in total. The van der Waals surface area contributed by atoms with Crippen molar-refractivity contribution in [2.75, 3.05) is 38.8 Å². The molecule has 0 bridgehead atoms. The molecule has 9 heteroatoms. The topological polar surface area (TPSA) is 108 Å². The summed E-state index contributed by atoms with van der Waals surface area (Å²) in [6, 6.07) is 4.29. The number of ether oxygens (including phenoxy) is 2. The van der Waals surface area contributed by atoms with E-state index in [9.17, 15) is 14.4 Å². The number of carbonyl (C=O) groups is 3. The van der Waals surface area contributed by atoms with Crippen LogP contribution in [0.2, 0.25) is 0 Å². The van der Waals surface area contributed by atoms with Crippen LogP contribution in [-0.2, 0) is 9.59 Å². The minimum Gasteiger partial charge on any atom is -0.497 e. The highest BCUT2D eigenvalue weighted by Gasteiger charge is 2.36. The molecule has 3 amide bonds. The predicted molar refractivity (Wildman–Crippen MR) is 101 cm³/mol. The number of rotatable bonds is 5. The van der Waals surface area contributed by atoms with Gasteiger partial charge in [0.15, 0.2) is 0 Å². The zero-order valence-corrected chi connectivity index (χ0v) is 16.0. The fourth-order valence-electron chi connectivity index (χ4n) is 3.59. The summed E-state index contributed by atoms with van der Waals surface area (Å²) in [6.07, 6.45) is 1.35. The summed E-state index contributed by atoms with van der Waals surface area (Å²) in [7, 11) is 3.09. The van der Waals surface area contributed by atoms with Crippen molar-refractivity contribution < 1.29 is 29.0 Å². The maximum atomic E-state index is 12.8. The smallest absolute Gasteiger partial charge is 0.318 e. The Hall–Kier alpha value is -2.97. The van der Waals surface area contributed by atoms with Gasteiger partial charge in [-0.3, -0.25) is 9.59 Å². The number of carboxylic acids is 1. The van der Waals surface area contributed by atoms with Crippen molar-refractivity contribution in [3.05, 3.63) is 18.2 Å². The van der Waals surface area contributed by atoms with Crippen LogP contribution in [-0.4, -0.2) is 67.8 Å². The largest absolute Gasteiger partial charge is 0.497 e. The standard InChI is InChI=1S/C19H25N3O6/c1-27-14-9-13(10-15(11-14)28-2)22-8-5-16(17(22)23)20-19(26)21-6-3-12(4-7-21)18(24)25/h9-12,16H,3-8H2,1-2H3,(H,20,26)(H,24,25). The second-order valence-corrected chi connectivity index (χ2v) is 6.95. The molecule has 9 nitrogen and oxygen atoms in total. The lowest BCUT2D eigenvalue weighted by atomic mass is 9.97. The van der Waals surface area contributed by atoms with Crippen molar-refractivity contribution in [3.8, 4) is 11.5 Å². The molecule has 1 aromatic rings. The molecule has 2 aliphatic rings. The Kier molecular flexibility index (Phi) is 5.91. The monoisotopic (exact) mass is 391 g/mol. The summed E-state index contributed by atoms with van der Waals surface area (Å²) in [5.41, 5.74) is 0.653. The van der Waals surface area contributed by atoms with Crippen LogP contribution in [0.25, 0.3) is 0 Å². The highest BCUT2D eigenvalue weighted by Crippen LogP contribution is 2.31. The van der Waals surface area contributed by atoms with Gasteiger partial charge >= 0.3 is 12.0 Å². The molecule has 1 aromatic carbocycles. The maximum Gasteiger partial charge on any atom is 0.318 e. The third-order valence-electron chi connectivity index (χ3n) is 5.28. The number of amides is 3. The summed E-state index contributed by atoms with van der Waals surface area (Å²) in [5.74, 6) is -0.262. The van der Waals surface area contributed by atoms with E-state index < -0.39 is 17.9 Å². The molecule has 1 unspecified atom stereocenters. The Morgan fingerprint density at radius 1 is 1.04 bits per heavy atom. The molecule has 0 aromatic heterocycles. The van der Waals surface area contributed by atoms with E-state index in [1.165, 1.54) is 0 Å². The average Bonchev–Trinajstić information content (AvgIpc) is 3.07. The number of urea groups is 1. The number of carboxylic acid groups (broad SMARTS) is 1. The Morgan fingerprint density at radius 2 is 1.64 bits per heavy atom. The quantitative estimate of drug-likeness (QED) is 0.784. The van der Waals surface area contributed by atoms with Crippen LogP contribution in [0.15, 0.2) is 18.2 Å². The van der Waals surface area contributed by atoms with E-state index in [1.807, 2.05) is 0 Å². The lowest BCUT2D eigenvalue weighted by molar-refractivity contribution is -0.143. The van der Waals surface area contributed by atoms with Crippen molar-refractivity contribution in [1.82, 2.24) is 10.2 Å². The van der Waals surface area contributed by atoms with E-state index in [4.69, 9.17) is 14.6 Å². The van der Waals surface area contributed by atoms with Gasteiger partial charge in [-0.05, 0) is 19.3 Å². The van der Waals surface area contributed by atoms with Crippen molar-refractivity contribution in [1.29, 1.82) is 0 Å². The Bertz CT molecular complexity index is 738. The van der Waals surface area contributed by atoms with E-state index in [0.29, 0.717) is 56.1 Å². The van der Waals surface area contributed by atoms with Crippen molar-refractivity contribution in [3.63, 3.8) is 0 Å². The van der Waals surface area contributed by atoms with Crippen LogP contribution in [0.1, 0.15) is 19.3 Å². The summed E-state index contributed by atoms with van der Waals surface area (Å²) in [4.78, 5) is 39.5. The zero-order chi connectivity index (χ0) is 20.3. The number of methoxy groups -OCH3 is 2. The van der Waals surface area contributed by atoms with E-state index in [2.05, 4.69) is 5.32 Å². The molecule has 1 atom stereocenters. The number of anilines is 1. The SMILES string of the molecule is COc1cc(OC)cc(N2CCC(NC(=O)N3CCC(C(=O)O)CC3)C2=O)c1. The number of nitrogens with one attached hydrogen (secondary N) is 1. The van der Waals surface area contributed by atoms with Gasteiger partial charge in [-0.2, -0.15) is 0 Å². The summed E-state index contributed by atoms with van der Waals surface area (Å²) < 4.78 is 10.5. The molecule has 0 spiro atoms. The number of hydrogen-bond donors (Lipinski definition) is 2. The first kappa shape index (κ1) is 19.8. The normalized spacial score (nSPS) is 20.2. The summed E-state index contributed by atoms with van der Waals surface area (Å²) in [5, 5.41) is 11.8. The van der Waals surface area contributed by atoms with Crippen molar-refractivity contribution in [2.45, 2.75) is 25.3 Å². The molecule has 2 saturated heterocycles. The number of likely N-dealkylation sites (tertiary alicyclic amines) is 1. The number of carbonyl (C=O) groups excluding carboxylic acids is 2. The fraction of sp³-hybridized carbons (Fsp3) is 0.526. The second kappa shape index (κ2) is 8.37. The number of nitrogens with zero attached hydrogens (tertiary/aromatic N) is 2. The van der Waals surface area contributed by atoms with Crippen LogP contribution >= 0.6 is 0 Å². The van der Waals surface area contributed by atoms with Gasteiger partial charge in [-0.1, -0.05) is 0 Å². The lowest BCUT2D eigenvalue weighted by Gasteiger charge is -2.31. The summed E-state index contributed by atoms with van der Waals surface area (Å²) >= 11 is 0. The molecule has 28 heavy (non-hydrogen) atoms. The molecule has 0 radical (unpaired) electrons. The van der Waals surface area contributed by atoms with Gasteiger partial charge in [0, 0.05) is 37.8 Å². The number of hydrogen-bond acceptors (Lipinski definition) is 5. The first-order valence-corrected chi connectivity index (χ1v) is 9.25. The van der Waals surface area contributed by atoms with Crippen LogP contribution in [0.3, 0.4) is 0 Å². The Balaban J connectivity index is 1.61. The third kappa shape index (κ3) is 4.13. The molecule has 2 heterocycles. The van der Waals surface area contributed by atoms with Gasteiger partial charge in [0.25, 0.3) is 0 Å². The van der Waals surface area contributed by atoms with E-state index in [-0.39, 0.29) is 11.9 Å². The van der Waals surface area contributed by atoms with Gasteiger partial charge in [0.2, 0.25) is 5.91 Å². The highest BCUT2D eigenvalue weighted by atomic mass is 16.5. The molecular weight excluding hydrogens is 366 g/mol. The first-order valence-electron chi connectivity index (χ1n) is 9.25. The van der Waals surface area contributed by atoms with Crippen molar-refractivity contribution >= 4 is 23.6 Å². The van der Waals surface area contributed by atoms with E-state index in [1.54, 1.807) is 42.2 Å². The van der Waals surface area contributed by atoms with Gasteiger partial charge in [0.05, 0.1) is 25.8 Å². The molecule has 2 fully saturated rings. The molecule has 0 aliphatic carbocycles. The molecule has 0 saturated carbocycles. The minimum absolute atomic E-state index is 0.191.